The number of aliphatic hydroxyl groups excluding tert-OH is 2. The van der Waals surface area contributed by atoms with E-state index in [9.17, 15) is 33.0 Å². The first-order valence-electron chi connectivity index (χ1n) is 14.1. The molecule has 0 aromatic heterocycles. The fourth-order valence-corrected chi connectivity index (χ4v) is 4.73. The molecule has 0 spiro atoms. The Labute approximate surface area is 252 Å². The van der Waals surface area contributed by atoms with Gasteiger partial charge in [-0.05, 0) is 61.2 Å². The molecule has 3 atom stereocenters. The van der Waals surface area contributed by atoms with E-state index in [4.69, 9.17) is 24.1 Å². The molecule has 0 saturated carbocycles. The van der Waals surface area contributed by atoms with Crippen molar-refractivity contribution >= 4 is 17.7 Å². The molecule has 0 radical (unpaired) electrons. The molecule has 1 amide bonds. The lowest BCUT2D eigenvalue weighted by molar-refractivity contribution is -0.192. The van der Waals surface area contributed by atoms with Crippen LogP contribution in [0.4, 0.5) is 13.2 Å². The number of nitrogens with zero attached hydrogens (tertiary/aromatic N) is 1. The predicted molar refractivity (Wildman–Crippen MR) is 151 cm³/mol. The highest BCUT2D eigenvalue weighted by atomic mass is 19.4. The van der Waals surface area contributed by atoms with E-state index in [1.807, 2.05) is 4.90 Å². The molecule has 1 saturated heterocycles. The number of carboxylic acid groups (broad SMARTS) is 1. The number of nitrogens with one attached hydrogen (secondary N) is 1. The molecule has 4 N–H and O–H groups in total. The summed E-state index contributed by atoms with van der Waals surface area (Å²) in [6.45, 7) is 2.55. The highest BCUT2D eigenvalue weighted by Gasteiger charge is 2.38. The number of benzene rings is 2. The Morgan fingerprint density at radius 2 is 1.68 bits per heavy atom. The highest BCUT2D eigenvalue weighted by molar-refractivity contribution is 5.96. The number of fused-ring (bicyclic) bond motifs is 1. The van der Waals surface area contributed by atoms with Crippen LogP contribution in [0.1, 0.15) is 54.1 Å². The lowest BCUT2D eigenvalue weighted by Gasteiger charge is -2.29. The van der Waals surface area contributed by atoms with Crippen molar-refractivity contribution in [2.75, 3.05) is 40.0 Å². The maximum absolute atomic E-state index is 12.8. The number of rotatable bonds is 12. The van der Waals surface area contributed by atoms with Gasteiger partial charge >= 0.3 is 12.1 Å². The molecule has 0 unspecified atom stereocenters. The lowest BCUT2D eigenvalue weighted by Crippen LogP contribution is -2.47. The summed E-state index contributed by atoms with van der Waals surface area (Å²) in [6, 6.07) is 11.7. The van der Waals surface area contributed by atoms with Crippen LogP contribution in [0.5, 0.6) is 17.2 Å². The van der Waals surface area contributed by atoms with Crippen molar-refractivity contribution < 1.29 is 57.1 Å². The number of carboxylic acids is 1. The summed E-state index contributed by atoms with van der Waals surface area (Å²) in [6.07, 6.45) is -4.02. The highest BCUT2D eigenvalue weighted by Crippen LogP contribution is 2.33. The number of halogens is 3. The van der Waals surface area contributed by atoms with Crippen molar-refractivity contribution in [3.05, 3.63) is 53.6 Å². The molecule has 242 valence electrons. The molecule has 2 aliphatic rings. The van der Waals surface area contributed by atoms with Gasteiger partial charge in [0.25, 0.3) is 0 Å². The van der Waals surface area contributed by atoms with Crippen LogP contribution in [0.15, 0.2) is 42.5 Å². The number of alkyl halides is 3. The summed E-state index contributed by atoms with van der Waals surface area (Å²) in [4.78, 5) is 36.2. The first kappa shape index (κ1) is 34.6. The van der Waals surface area contributed by atoms with Crippen molar-refractivity contribution in [1.82, 2.24) is 10.2 Å². The number of hydrogen-bond acceptors (Lipinski definition) is 9. The second-order valence-electron chi connectivity index (χ2n) is 10.4. The van der Waals surface area contributed by atoms with E-state index in [1.165, 1.54) is 0 Å². The Morgan fingerprint density at radius 3 is 2.27 bits per heavy atom. The van der Waals surface area contributed by atoms with Crippen LogP contribution in [-0.4, -0.2) is 96.2 Å². The Morgan fingerprint density at radius 1 is 1.05 bits per heavy atom. The lowest BCUT2D eigenvalue weighted by atomic mass is 10.00. The standard InChI is InChI=1S/C28H36N2O7.C2HF3O2/c1-35-22-9-6-19(7-10-22)24(32)4-2-3-5-27(33)29-23(18-30-13-12-21(31)17-30)28(34)20-8-11-25-26(16-20)37-15-14-36-25;3-2(4,5)1(6)7/h6-11,16,21,23,28,31,34H,2-5,12-15,17-18H2,1H3,(H,29,33);(H,6,7)/t21-,23+,28+;/m0./s1. The summed E-state index contributed by atoms with van der Waals surface area (Å²) in [5, 5.41) is 31.2. The smallest absolute Gasteiger partial charge is 0.490 e. The van der Waals surface area contributed by atoms with E-state index in [1.54, 1.807) is 49.6 Å². The summed E-state index contributed by atoms with van der Waals surface area (Å²) in [5.74, 6) is -1.00. The number of carbonyl (C=O) groups is 3. The van der Waals surface area contributed by atoms with Gasteiger partial charge in [-0.25, -0.2) is 4.79 Å². The molecule has 0 aliphatic carbocycles. The number of ether oxygens (including phenoxy) is 3. The van der Waals surface area contributed by atoms with Crippen LogP contribution in [0.3, 0.4) is 0 Å². The summed E-state index contributed by atoms with van der Waals surface area (Å²) < 4.78 is 48.1. The van der Waals surface area contributed by atoms with Crippen molar-refractivity contribution in [2.24, 2.45) is 0 Å². The molecule has 11 nitrogen and oxygen atoms in total. The van der Waals surface area contributed by atoms with Gasteiger partial charge < -0.3 is 34.8 Å². The summed E-state index contributed by atoms with van der Waals surface area (Å²) in [5.41, 5.74) is 1.25. The first-order chi connectivity index (χ1) is 20.9. The average Bonchev–Trinajstić information content (AvgIpc) is 3.42. The summed E-state index contributed by atoms with van der Waals surface area (Å²) >= 11 is 0. The number of aliphatic carboxylic acids is 1. The number of aliphatic hydroxyl groups is 2. The van der Waals surface area contributed by atoms with Gasteiger partial charge in [-0.15, -0.1) is 0 Å². The fourth-order valence-electron chi connectivity index (χ4n) is 4.73. The minimum absolute atomic E-state index is 0.0301. The number of Topliss-reactive ketones (excluding diaryl/α,β-unsaturated/α-hetero) is 1. The second-order valence-corrected chi connectivity index (χ2v) is 10.4. The molecule has 4 rings (SSSR count). The minimum Gasteiger partial charge on any atom is -0.497 e. The quantitative estimate of drug-likeness (QED) is 0.204. The first-order valence-corrected chi connectivity index (χ1v) is 14.1. The zero-order valence-electron chi connectivity index (χ0n) is 24.2. The Hall–Kier alpha value is -3.88. The van der Waals surface area contributed by atoms with Gasteiger partial charge in [0.05, 0.1) is 19.3 Å². The zero-order valence-corrected chi connectivity index (χ0v) is 24.2. The number of ketones is 1. The van der Waals surface area contributed by atoms with E-state index in [-0.39, 0.29) is 18.1 Å². The molecule has 14 heteroatoms. The Bertz CT molecular complexity index is 1260. The number of amides is 1. The Balaban J connectivity index is 0.000000676. The summed E-state index contributed by atoms with van der Waals surface area (Å²) in [7, 11) is 1.58. The van der Waals surface area contributed by atoms with Gasteiger partial charge in [0.2, 0.25) is 5.91 Å². The van der Waals surface area contributed by atoms with Crippen molar-refractivity contribution in [3.63, 3.8) is 0 Å². The molecular weight excluding hydrogens is 589 g/mol. The monoisotopic (exact) mass is 626 g/mol. The van der Waals surface area contributed by atoms with Crippen LogP contribution in [0, 0.1) is 0 Å². The number of β-amino-alcohol motifs (C(OH)–C–C–N with tert-alkyl or cyclic N) is 1. The third kappa shape index (κ3) is 10.7. The van der Waals surface area contributed by atoms with Crippen LogP contribution >= 0.6 is 0 Å². The van der Waals surface area contributed by atoms with Crippen LogP contribution in [0.2, 0.25) is 0 Å². The molecule has 2 heterocycles. The van der Waals surface area contributed by atoms with Gasteiger partial charge in [-0.3, -0.25) is 14.5 Å². The molecule has 0 bridgehead atoms. The topological polar surface area (TPSA) is 155 Å². The van der Waals surface area contributed by atoms with E-state index in [0.29, 0.717) is 86.9 Å². The van der Waals surface area contributed by atoms with E-state index >= 15 is 0 Å². The fraction of sp³-hybridized carbons (Fsp3) is 0.500. The SMILES string of the molecule is COc1ccc(C(=O)CCCCC(=O)N[C@H](CN2CC[C@H](O)C2)[C@H](O)c2ccc3c(c2)OCCO3)cc1.O=C(O)C(F)(F)F. The second kappa shape index (κ2) is 16.3. The van der Waals surface area contributed by atoms with Gasteiger partial charge in [-0.1, -0.05) is 6.07 Å². The van der Waals surface area contributed by atoms with Gasteiger partial charge in [0.1, 0.15) is 25.1 Å². The normalized spacial score (nSPS) is 17.5. The molecule has 2 aromatic rings. The number of likely N-dealkylation sites (tertiary alicyclic amines) is 1. The number of hydrogen-bond donors (Lipinski definition) is 4. The molecule has 2 aromatic carbocycles. The molecule has 44 heavy (non-hydrogen) atoms. The largest absolute Gasteiger partial charge is 0.497 e. The number of carbonyl (C=O) groups excluding carboxylic acids is 2. The van der Waals surface area contributed by atoms with E-state index in [0.717, 1.165) is 0 Å². The van der Waals surface area contributed by atoms with E-state index < -0.39 is 30.4 Å². The molecular formula is C30H37F3N2O9. The number of unbranched alkanes of at least 4 members (excludes halogenated alkanes) is 1. The maximum atomic E-state index is 12.8. The predicted octanol–water partition coefficient (Wildman–Crippen LogP) is 3.13. The van der Waals surface area contributed by atoms with Gasteiger partial charge in [0, 0.05) is 38.0 Å². The van der Waals surface area contributed by atoms with Crippen molar-refractivity contribution in [1.29, 1.82) is 0 Å². The van der Waals surface area contributed by atoms with Crippen LogP contribution in [0.25, 0.3) is 0 Å². The van der Waals surface area contributed by atoms with Crippen molar-refractivity contribution in [3.8, 4) is 17.2 Å². The van der Waals surface area contributed by atoms with E-state index in [2.05, 4.69) is 5.32 Å². The van der Waals surface area contributed by atoms with Crippen molar-refractivity contribution in [2.45, 2.75) is 56.5 Å². The number of methoxy groups -OCH3 is 1. The van der Waals surface area contributed by atoms with Crippen LogP contribution in [-0.2, 0) is 9.59 Å². The van der Waals surface area contributed by atoms with Gasteiger partial charge in [-0.2, -0.15) is 13.2 Å². The zero-order chi connectivity index (χ0) is 32.3. The third-order valence-electron chi connectivity index (χ3n) is 7.05. The minimum atomic E-state index is -5.08. The maximum Gasteiger partial charge on any atom is 0.490 e. The molecule has 1 fully saturated rings. The average molecular weight is 627 g/mol. The third-order valence-corrected chi connectivity index (χ3v) is 7.05. The van der Waals surface area contributed by atoms with Crippen LogP contribution < -0.4 is 19.5 Å². The van der Waals surface area contributed by atoms with Gasteiger partial charge in [0.15, 0.2) is 17.3 Å². The Kier molecular flexibility index (Phi) is 12.8. The molecule has 2 aliphatic heterocycles.